The summed E-state index contributed by atoms with van der Waals surface area (Å²) in [5.41, 5.74) is 0. The van der Waals surface area contributed by atoms with Crippen molar-refractivity contribution in [3.8, 4) is 9.75 Å². The predicted octanol–water partition coefficient (Wildman–Crippen LogP) is 3.04. The van der Waals surface area contributed by atoms with E-state index in [1.807, 2.05) is 23.6 Å². The van der Waals surface area contributed by atoms with Crippen LogP contribution < -0.4 is 5.32 Å². The summed E-state index contributed by atoms with van der Waals surface area (Å²) >= 11 is 3.25. The molecule has 1 amide bonds. The summed E-state index contributed by atoms with van der Waals surface area (Å²) in [6, 6.07) is 8.00. The third kappa shape index (κ3) is 3.19. The highest BCUT2D eigenvalue weighted by atomic mass is 32.1. The van der Waals surface area contributed by atoms with Gasteiger partial charge in [-0.25, -0.2) is 0 Å². The second kappa shape index (κ2) is 6.13. The molecule has 0 radical (unpaired) electrons. The molecule has 0 aromatic carbocycles. The Morgan fingerprint density at radius 2 is 2.22 bits per heavy atom. The molecule has 18 heavy (non-hydrogen) atoms. The predicted molar refractivity (Wildman–Crippen MR) is 75.9 cm³/mol. The van der Waals surface area contributed by atoms with Crippen molar-refractivity contribution in [1.29, 1.82) is 0 Å². The van der Waals surface area contributed by atoms with Crippen LogP contribution in [0, 0.1) is 0 Å². The number of amides is 1. The van der Waals surface area contributed by atoms with Crippen molar-refractivity contribution in [3.63, 3.8) is 0 Å². The van der Waals surface area contributed by atoms with Gasteiger partial charge in [0.25, 0.3) is 0 Å². The standard InChI is InChI=1S/C13H15NO2S2/c1-2-13(16)14-8-9(15)10-5-6-12(18-10)11-4-3-7-17-11/h3-7,9,15H,2,8H2,1H3,(H,14,16)/t9-/m1/s1. The first-order valence-corrected chi connectivity index (χ1v) is 7.48. The van der Waals surface area contributed by atoms with Crippen LogP contribution >= 0.6 is 22.7 Å². The van der Waals surface area contributed by atoms with Gasteiger partial charge in [-0.05, 0) is 23.6 Å². The maximum absolute atomic E-state index is 11.1. The van der Waals surface area contributed by atoms with Gasteiger partial charge in [-0.15, -0.1) is 22.7 Å². The average Bonchev–Trinajstić information content (AvgIpc) is 3.04. The first-order chi connectivity index (χ1) is 8.70. The Balaban J connectivity index is 1.99. The second-order valence-corrected chi connectivity index (χ2v) is 5.92. The fourth-order valence-electron chi connectivity index (χ4n) is 1.52. The van der Waals surface area contributed by atoms with Crippen LogP contribution in [-0.2, 0) is 4.79 Å². The Labute approximate surface area is 114 Å². The van der Waals surface area contributed by atoms with E-state index in [-0.39, 0.29) is 12.5 Å². The zero-order chi connectivity index (χ0) is 13.0. The fraction of sp³-hybridized carbons (Fsp3) is 0.308. The topological polar surface area (TPSA) is 49.3 Å². The number of hydrogen-bond donors (Lipinski definition) is 2. The van der Waals surface area contributed by atoms with Gasteiger partial charge >= 0.3 is 0 Å². The van der Waals surface area contributed by atoms with Crippen molar-refractivity contribution < 1.29 is 9.90 Å². The number of carbonyl (C=O) groups excluding carboxylic acids is 1. The number of carbonyl (C=O) groups is 1. The molecule has 0 spiro atoms. The van der Waals surface area contributed by atoms with Gasteiger partial charge < -0.3 is 10.4 Å². The van der Waals surface area contributed by atoms with E-state index < -0.39 is 6.10 Å². The zero-order valence-electron chi connectivity index (χ0n) is 10.1. The second-order valence-electron chi connectivity index (χ2n) is 3.85. The molecule has 5 heteroatoms. The van der Waals surface area contributed by atoms with Gasteiger partial charge in [0.2, 0.25) is 5.91 Å². The van der Waals surface area contributed by atoms with Gasteiger partial charge in [-0.1, -0.05) is 13.0 Å². The van der Waals surface area contributed by atoms with E-state index in [9.17, 15) is 9.90 Å². The molecule has 0 fully saturated rings. The van der Waals surface area contributed by atoms with Crippen LogP contribution in [0.4, 0.5) is 0 Å². The van der Waals surface area contributed by atoms with Gasteiger partial charge in [-0.2, -0.15) is 0 Å². The summed E-state index contributed by atoms with van der Waals surface area (Å²) < 4.78 is 0. The Morgan fingerprint density at radius 3 is 2.89 bits per heavy atom. The quantitative estimate of drug-likeness (QED) is 0.885. The van der Waals surface area contributed by atoms with Crippen molar-refractivity contribution in [2.75, 3.05) is 6.54 Å². The monoisotopic (exact) mass is 281 g/mol. The maximum Gasteiger partial charge on any atom is 0.219 e. The van der Waals surface area contributed by atoms with Gasteiger partial charge in [0, 0.05) is 27.6 Å². The fourth-order valence-corrected chi connectivity index (χ4v) is 3.35. The van der Waals surface area contributed by atoms with Crippen molar-refractivity contribution in [2.45, 2.75) is 19.4 Å². The molecular formula is C13H15NO2S2. The zero-order valence-corrected chi connectivity index (χ0v) is 11.7. The summed E-state index contributed by atoms with van der Waals surface area (Å²) in [4.78, 5) is 14.4. The van der Waals surface area contributed by atoms with E-state index in [2.05, 4.69) is 11.4 Å². The van der Waals surface area contributed by atoms with Crippen LogP contribution in [0.1, 0.15) is 24.3 Å². The van der Waals surface area contributed by atoms with Crippen molar-refractivity contribution in [1.82, 2.24) is 5.32 Å². The van der Waals surface area contributed by atoms with Gasteiger partial charge in [0.1, 0.15) is 6.10 Å². The molecular weight excluding hydrogens is 266 g/mol. The van der Waals surface area contributed by atoms with E-state index >= 15 is 0 Å². The number of aliphatic hydroxyl groups excluding tert-OH is 1. The SMILES string of the molecule is CCC(=O)NC[C@@H](O)c1ccc(-c2cccs2)s1. The lowest BCUT2D eigenvalue weighted by molar-refractivity contribution is -0.121. The number of thiophene rings is 2. The normalized spacial score (nSPS) is 12.3. The highest BCUT2D eigenvalue weighted by Gasteiger charge is 2.12. The first-order valence-electron chi connectivity index (χ1n) is 5.79. The molecule has 0 unspecified atom stereocenters. The molecule has 1 atom stereocenters. The van der Waals surface area contributed by atoms with Gasteiger partial charge in [-0.3, -0.25) is 4.79 Å². The third-order valence-corrected chi connectivity index (χ3v) is 4.79. The van der Waals surface area contributed by atoms with E-state index in [4.69, 9.17) is 0 Å². The summed E-state index contributed by atoms with van der Waals surface area (Å²) in [5.74, 6) is -0.0379. The number of rotatable bonds is 5. The van der Waals surface area contributed by atoms with E-state index in [1.54, 1.807) is 29.6 Å². The largest absolute Gasteiger partial charge is 0.386 e. The lowest BCUT2D eigenvalue weighted by Crippen LogP contribution is -2.27. The third-order valence-electron chi connectivity index (χ3n) is 2.53. The Morgan fingerprint density at radius 1 is 1.39 bits per heavy atom. The van der Waals surface area contributed by atoms with Crippen LogP contribution in [0.25, 0.3) is 9.75 Å². The van der Waals surface area contributed by atoms with Gasteiger partial charge in [0.15, 0.2) is 0 Å². The van der Waals surface area contributed by atoms with Crippen molar-refractivity contribution in [3.05, 3.63) is 34.5 Å². The summed E-state index contributed by atoms with van der Waals surface area (Å²) in [7, 11) is 0. The number of nitrogens with one attached hydrogen (secondary N) is 1. The van der Waals surface area contributed by atoms with Crippen LogP contribution in [0.3, 0.4) is 0 Å². The minimum absolute atomic E-state index is 0.0379. The van der Waals surface area contributed by atoms with E-state index in [0.717, 1.165) is 9.75 Å². The molecule has 0 aliphatic carbocycles. The molecule has 2 heterocycles. The minimum atomic E-state index is -0.626. The molecule has 3 nitrogen and oxygen atoms in total. The molecule has 2 rings (SSSR count). The number of hydrogen-bond acceptors (Lipinski definition) is 4. The summed E-state index contributed by atoms with van der Waals surface area (Å²) in [6.07, 6.45) is -0.184. The van der Waals surface area contributed by atoms with E-state index in [1.165, 1.54) is 4.88 Å². The molecule has 0 saturated carbocycles. The Bertz CT molecular complexity index is 505. The maximum atomic E-state index is 11.1. The molecule has 96 valence electrons. The highest BCUT2D eigenvalue weighted by Crippen LogP contribution is 2.33. The first kappa shape index (κ1) is 13.3. The van der Waals surface area contributed by atoms with Crippen molar-refractivity contribution >= 4 is 28.6 Å². The van der Waals surface area contributed by atoms with Crippen LogP contribution in [-0.4, -0.2) is 17.6 Å². The number of aliphatic hydroxyl groups is 1. The molecule has 0 bridgehead atoms. The van der Waals surface area contributed by atoms with Crippen LogP contribution in [0.15, 0.2) is 29.6 Å². The average molecular weight is 281 g/mol. The lowest BCUT2D eigenvalue weighted by atomic mass is 10.2. The molecule has 0 aliphatic heterocycles. The van der Waals surface area contributed by atoms with Crippen molar-refractivity contribution in [2.24, 2.45) is 0 Å². The minimum Gasteiger partial charge on any atom is -0.386 e. The van der Waals surface area contributed by atoms with Crippen LogP contribution in [0.5, 0.6) is 0 Å². The molecule has 2 aromatic heterocycles. The molecule has 0 aliphatic rings. The smallest absolute Gasteiger partial charge is 0.219 e. The molecule has 2 N–H and O–H groups in total. The van der Waals surface area contributed by atoms with E-state index in [0.29, 0.717) is 6.42 Å². The summed E-state index contributed by atoms with van der Waals surface area (Å²) in [6.45, 7) is 2.07. The Hall–Kier alpha value is -1.17. The van der Waals surface area contributed by atoms with Gasteiger partial charge in [0.05, 0.1) is 0 Å². The highest BCUT2D eigenvalue weighted by molar-refractivity contribution is 7.21. The molecule has 2 aromatic rings. The molecule has 0 saturated heterocycles. The summed E-state index contributed by atoms with van der Waals surface area (Å²) in [5, 5.41) is 14.7. The Kier molecular flexibility index (Phi) is 4.52. The van der Waals surface area contributed by atoms with Crippen LogP contribution in [0.2, 0.25) is 0 Å². The lowest BCUT2D eigenvalue weighted by Gasteiger charge is -2.09.